The number of amides is 1. The van der Waals surface area contributed by atoms with Crippen molar-refractivity contribution in [2.45, 2.75) is 18.9 Å². The fraction of sp³-hybridized carbons (Fsp3) is 0.458. The number of likely N-dealkylation sites (tertiary alicyclic amines) is 1. The lowest BCUT2D eigenvalue weighted by Gasteiger charge is -2.35. The molecule has 0 saturated carbocycles. The van der Waals surface area contributed by atoms with Gasteiger partial charge in [0.1, 0.15) is 18.6 Å². The van der Waals surface area contributed by atoms with Crippen molar-refractivity contribution in [3.63, 3.8) is 0 Å². The normalized spacial score (nSPS) is 18.0. The Kier molecular flexibility index (Phi) is 8.04. The van der Waals surface area contributed by atoms with Gasteiger partial charge < -0.3 is 24.2 Å². The van der Waals surface area contributed by atoms with E-state index in [1.54, 1.807) is 4.90 Å². The summed E-state index contributed by atoms with van der Waals surface area (Å²) < 4.78 is 26.2. The van der Waals surface area contributed by atoms with Crippen LogP contribution in [0, 0.1) is 28.5 Å². The standard InChI is InChI=1S/C24H25ClFN7O3/c1-31-6-2-3-17(31)15-35-24-29-22(33-9-7-32(8-10-33)21(34)12-25)18(14-28)23(30-24)36-20-5-4-16(13-27)11-19(20)26/h4-5,11,17H,2-3,6-10,12,15H2,1H3/t17-/m0/s1. The molecule has 1 aromatic heterocycles. The van der Waals surface area contributed by atoms with Crippen LogP contribution in [0.15, 0.2) is 18.2 Å². The highest BCUT2D eigenvalue weighted by molar-refractivity contribution is 6.27. The molecule has 0 radical (unpaired) electrons. The lowest BCUT2D eigenvalue weighted by Crippen LogP contribution is -2.49. The smallest absolute Gasteiger partial charge is 0.321 e. The molecule has 2 saturated heterocycles. The van der Waals surface area contributed by atoms with E-state index in [1.807, 2.05) is 18.0 Å². The van der Waals surface area contributed by atoms with E-state index in [0.717, 1.165) is 25.5 Å². The van der Waals surface area contributed by atoms with Gasteiger partial charge in [0.25, 0.3) is 0 Å². The summed E-state index contributed by atoms with van der Waals surface area (Å²) in [6.45, 7) is 2.96. The molecule has 0 bridgehead atoms. The van der Waals surface area contributed by atoms with Crippen molar-refractivity contribution in [3.8, 4) is 29.8 Å². The fourth-order valence-electron chi connectivity index (χ4n) is 4.25. The Morgan fingerprint density at radius 3 is 2.58 bits per heavy atom. The Bertz CT molecular complexity index is 1210. The third kappa shape index (κ3) is 5.59. The van der Waals surface area contributed by atoms with Gasteiger partial charge in [-0.2, -0.15) is 20.5 Å². The van der Waals surface area contributed by atoms with E-state index in [0.29, 0.717) is 32.8 Å². The van der Waals surface area contributed by atoms with Crippen molar-refractivity contribution in [2.75, 3.05) is 57.2 Å². The zero-order valence-corrected chi connectivity index (χ0v) is 20.5. The summed E-state index contributed by atoms with van der Waals surface area (Å²) in [5.74, 6) is -1.08. The number of carbonyl (C=O) groups is 1. The molecule has 1 atom stereocenters. The van der Waals surface area contributed by atoms with E-state index in [4.69, 9.17) is 26.3 Å². The Labute approximate surface area is 213 Å². The van der Waals surface area contributed by atoms with E-state index in [2.05, 4.69) is 20.9 Å². The van der Waals surface area contributed by atoms with Crippen LogP contribution in [0.4, 0.5) is 10.2 Å². The average molecular weight is 514 g/mol. The maximum absolute atomic E-state index is 14.6. The summed E-state index contributed by atoms with van der Waals surface area (Å²) in [5, 5.41) is 19.0. The zero-order valence-electron chi connectivity index (χ0n) is 19.8. The van der Waals surface area contributed by atoms with Crippen LogP contribution in [0.2, 0.25) is 0 Å². The summed E-state index contributed by atoms with van der Waals surface area (Å²) in [7, 11) is 2.02. The molecule has 10 nitrogen and oxygen atoms in total. The molecule has 36 heavy (non-hydrogen) atoms. The van der Waals surface area contributed by atoms with Crippen molar-refractivity contribution in [1.82, 2.24) is 19.8 Å². The zero-order chi connectivity index (χ0) is 25.7. The van der Waals surface area contributed by atoms with Crippen molar-refractivity contribution >= 4 is 23.3 Å². The highest BCUT2D eigenvalue weighted by Crippen LogP contribution is 2.33. The van der Waals surface area contributed by atoms with Gasteiger partial charge in [0, 0.05) is 32.2 Å². The fourth-order valence-corrected chi connectivity index (χ4v) is 4.41. The number of halogens is 2. The molecule has 0 N–H and O–H groups in total. The Hall–Kier alpha value is -3.67. The number of hydrogen-bond acceptors (Lipinski definition) is 9. The molecule has 4 rings (SSSR count). The third-order valence-corrected chi connectivity index (χ3v) is 6.57. The van der Waals surface area contributed by atoms with E-state index in [1.165, 1.54) is 12.1 Å². The molecule has 2 aliphatic heterocycles. The van der Waals surface area contributed by atoms with E-state index in [9.17, 15) is 14.4 Å². The van der Waals surface area contributed by atoms with Gasteiger partial charge in [0.15, 0.2) is 22.9 Å². The largest absolute Gasteiger partial charge is 0.462 e. The van der Waals surface area contributed by atoms with Crippen molar-refractivity contribution in [3.05, 3.63) is 35.1 Å². The second-order valence-corrected chi connectivity index (χ2v) is 8.84. The SMILES string of the molecule is CN1CCC[C@H]1COc1nc(Oc2ccc(C#N)cc2F)c(C#N)c(N2CCN(C(=O)CCl)CC2)n1. The molecule has 1 amide bonds. The Morgan fingerprint density at radius 1 is 1.19 bits per heavy atom. The van der Waals surface area contributed by atoms with Gasteiger partial charge in [-0.25, -0.2) is 4.39 Å². The number of nitriles is 2. The lowest BCUT2D eigenvalue weighted by atomic mass is 10.2. The molecule has 0 aliphatic carbocycles. The maximum Gasteiger partial charge on any atom is 0.321 e. The van der Waals surface area contributed by atoms with Crippen LogP contribution in [0.3, 0.4) is 0 Å². The number of hydrogen-bond donors (Lipinski definition) is 0. The van der Waals surface area contributed by atoms with Gasteiger partial charge >= 0.3 is 6.01 Å². The molecule has 3 heterocycles. The summed E-state index contributed by atoms with van der Waals surface area (Å²) in [6, 6.07) is 7.91. The van der Waals surface area contributed by atoms with Crippen LogP contribution in [0.1, 0.15) is 24.0 Å². The van der Waals surface area contributed by atoms with Crippen LogP contribution in [-0.4, -0.2) is 84.0 Å². The maximum atomic E-state index is 14.6. The quantitative estimate of drug-likeness (QED) is 0.514. The van der Waals surface area contributed by atoms with Crippen LogP contribution in [0.5, 0.6) is 17.6 Å². The number of rotatable bonds is 7. The lowest BCUT2D eigenvalue weighted by molar-refractivity contribution is -0.128. The minimum Gasteiger partial charge on any atom is -0.462 e. The number of carbonyl (C=O) groups excluding carboxylic acids is 1. The molecule has 2 aliphatic rings. The number of likely N-dealkylation sites (N-methyl/N-ethyl adjacent to an activating group) is 1. The Balaban J connectivity index is 1.65. The second kappa shape index (κ2) is 11.4. The van der Waals surface area contributed by atoms with Crippen molar-refractivity contribution in [2.24, 2.45) is 0 Å². The van der Waals surface area contributed by atoms with Crippen LogP contribution in [-0.2, 0) is 4.79 Å². The van der Waals surface area contributed by atoms with E-state index < -0.39 is 5.82 Å². The highest BCUT2D eigenvalue weighted by atomic mass is 35.5. The molecule has 0 spiro atoms. The molecule has 1 aromatic carbocycles. The summed E-state index contributed by atoms with van der Waals surface area (Å²) >= 11 is 5.68. The first-order valence-electron chi connectivity index (χ1n) is 11.5. The minimum atomic E-state index is -0.763. The third-order valence-electron chi connectivity index (χ3n) is 6.34. The van der Waals surface area contributed by atoms with Gasteiger partial charge in [-0.05, 0) is 44.6 Å². The van der Waals surface area contributed by atoms with Gasteiger partial charge in [-0.15, -0.1) is 11.6 Å². The topological polar surface area (TPSA) is 119 Å². The molecule has 12 heteroatoms. The molecule has 2 aromatic rings. The molecule has 0 unspecified atom stereocenters. The molecular weight excluding hydrogens is 489 g/mol. The number of nitrogens with zero attached hydrogens (tertiary/aromatic N) is 7. The van der Waals surface area contributed by atoms with Crippen LogP contribution < -0.4 is 14.4 Å². The second-order valence-electron chi connectivity index (χ2n) is 8.57. The van der Waals surface area contributed by atoms with Gasteiger partial charge in [0.05, 0.1) is 11.6 Å². The first kappa shape index (κ1) is 25.4. The number of aromatic nitrogens is 2. The molecule has 188 valence electrons. The van der Waals surface area contributed by atoms with Gasteiger partial charge in [-0.3, -0.25) is 4.79 Å². The number of ether oxygens (including phenoxy) is 2. The minimum absolute atomic E-state index is 0.00705. The van der Waals surface area contributed by atoms with E-state index >= 15 is 0 Å². The highest BCUT2D eigenvalue weighted by Gasteiger charge is 2.28. The van der Waals surface area contributed by atoms with Crippen LogP contribution >= 0.6 is 11.6 Å². The number of benzene rings is 1. The van der Waals surface area contributed by atoms with Gasteiger partial charge in [-0.1, -0.05) is 0 Å². The van der Waals surface area contributed by atoms with Crippen molar-refractivity contribution < 1.29 is 18.7 Å². The first-order chi connectivity index (χ1) is 17.4. The predicted octanol–water partition coefficient (Wildman–Crippen LogP) is 2.51. The number of anilines is 1. The summed E-state index contributed by atoms with van der Waals surface area (Å²) in [4.78, 5) is 26.4. The molecular formula is C24H25ClFN7O3. The first-order valence-corrected chi connectivity index (χ1v) is 12.1. The Morgan fingerprint density at radius 2 is 1.97 bits per heavy atom. The van der Waals surface area contributed by atoms with Crippen molar-refractivity contribution in [1.29, 1.82) is 10.5 Å². The summed E-state index contributed by atoms with van der Waals surface area (Å²) in [6.07, 6.45) is 2.05. The van der Waals surface area contributed by atoms with Crippen LogP contribution in [0.25, 0.3) is 0 Å². The van der Waals surface area contributed by atoms with Gasteiger partial charge in [0.2, 0.25) is 11.8 Å². The average Bonchev–Trinajstić information content (AvgIpc) is 3.32. The number of piperazine rings is 1. The summed E-state index contributed by atoms with van der Waals surface area (Å²) in [5.41, 5.74) is 0.152. The monoisotopic (exact) mass is 513 g/mol. The van der Waals surface area contributed by atoms with E-state index in [-0.39, 0.29) is 52.4 Å². The number of alkyl halides is 1. The molecule has 2 fully saturated rings. The predicted molar refractivity (Wildman–Crippen MR) is 129 cm³/mol.